The van der Waals surface area contributed by atoms with Gasteiger partial charge in [0.15, 0.2) is 15.0 Å². The molecule has 1 aliphatic heterocycles. The number of anilines is 2. The summed E-state index contributed by atoms with van der Waals surface area (Å²) in [5, 5.41) is 3.21. The molecule has 192 valence electrons. The number of hydrogen-bond donors (Lipinski definition) is 1. The number of rotatable bonds is 7. The van der Waals surface area contributed by atoms with Crippen LogP contribution in [0.3, 0.4) is 0 Å². The van der Waals surface area contributed by atoms with Crippen molar-refractivity contribution in [3.8, 4) is 0 Å². The topological polar surface area (TPSA) is 105 Å². The molecule has 1 atom stereocenters. The Morgan fingerprint density at radius 1 is 1.19 bits per heavy atom. The maximum atomic E-state index is 12.9. The Kier molecular flexibility index (Phi) is 7.06. The van der Waals surface area contributed by atoms with Gasteiger partial charge < -0.3 is 10.2 Å². The van der Waals surface area contributed by atoms with Crippen molar-refractivity contribution in [1.82, 2.24) is 15.0 Å². The molecular weight excluding hydrogens is 515 g/mol. The van der Waals surface area contributed by atoms with Crippen molar-refractivity contribution in [3.05, 3.63) is 58.4 Å². The van der Waals surface area contributed by atoms with E-state index in [1.54, 1.807) is 19.1 Å². The van der Waals surface area contributed by atoms with Crippen LogP contribution in [-0.4, -0.2) is 35.0 Å². The summed E-state index contributed by atoms with van der Waals surface area (Å²) in [6, 6.07) is 5.95. The molecule has 3 heterocycles. The van der Waals surface area contributed by atoms with Crippen LogP contribution >= 0.6 is 11.3 Å². The molecule has 2 aromatic heterocycles. The summed E-state index contributed by atoms with van der Waals surface area (Å²) in [6.45, 7) is 5.87. The number of nitrogens with one attached hydrogen (secondary N) is 1. The van der Waals surface area contributed by atoms with Crippen LogP contribution in [0.25, 0.3) is 0 Å². The number of aromatic nitrogens is 3. The first-order chi connectivity index (χ1) is 16.9. The molecule has 36 heavy (non-hydrogen) atoms. The van der Waals surface area contributed by atoms with E-state index in [-0.39, 0.29) is 40.9 Å². The SMILES string of the molecule is CCS(=O)(=O)c1ccc(CC(=O)Nc2nc3c(s2)CN(c2ncc(C(F)(F)F)cn2)C3C(C)C)cc1. The van der Waals surface area contributed by atoms with E-state index in [0.29, 0.717) is 17.2 Å². The number of halogens is 3. The van der Waals surface area contributed by atoms with E-state index in [4.69, 9.17) is 0 Å². The second kappa shape index (κ2) is 9.77. The monoisotopic (exact) mass is 539 g/mol. The summed E-state index contributed by atoms with van der Waals surface area (Å²) in [4.78, 5) is 27.9. The number of carbonyl (C=O) groups is 1. The fraction of sp³-hybridized carbons (Fsp3) is 0.391. The summed E-state index contributed by atoms with van der Waals surface area (Å²) < 4.78 is 62.5. The second-order valence-corrected chi connectivity index (χ2v) is 12.0. The third-order valence-corrected chi connectivity index (χ3v) is 8.51. The molecule has 0 bridgehead atoms. The van der Waals surface area contributed by atoms with Gasteiger partial charge in [-0.3, -0.25) is 4.79 Å². The van der Waals surface area contributed by atoms with Crippen LogP contribution in [0.1, 0.15) is 48.5 Å². The molecule has 1 aromatic carbocycles. The maximum absolute atomic E-state index is 12.9. The highest BCUT2D eigenvalue weighted by molar-refractivity contribution is 7.91. The van der Waals surface area contributed by atoms with Crippen LogP contribution in [0.4, 0.5) is 24.3 Å². The highest BCUT2D eigenvalue weighted by atomic mass is 32.2. The summed E-state index contributed by atoms with van der Waals surface area (Å²) in [5.41, 5.74) is 0.492. The van der Waals surface area contributed by atoms with E-state index >= 15 is 0 Å². The first-order valence-electron chi connectivity index (χ1n) is 11.2. The van der Waals surface area contributed by atoms with Crippen LogP contribution in [0.15, 0.2) is 41.6 Å². The first kappa shape index (κ1) is 26.0. The normalized spacial score (nSPS) is 15.9. The van der Waals surface area contributed by atoms with Gasteiger partial charge in [0.05, 0.1) is 45.8 Å². The van der Waals surface area contributed by atoms with Gasteiger partial charge in [-0.2, -0.15) is 13.2 Å². The van der Waals surface area contributed by atoms with Crippen molar-refractivity contribution in [2.24, 2.45) is 5.92 Å². The van der Waals surface area contributed by atoms with E-state index < -0.39 is 21.6 Å². The van der Waals surface area contributed by atoms with Crippen LogP contribution in [-0.2, 0) is 33.8 Å². The average Bonchev–Trinajstić information content (AvgIpc) is 3.36. The molecule has 1 unspecified atom stereocenters. The predicted octanol–water partition coefficient (Wildman–Crippen LogP) is 4.64. The zero-order chi connectivity index (χ0) is 26.3. The lowest BCUT2D eigenvalue weighted by Crippen LogP contribution is -2.28. The molecule has 13 heteroatoms. The zero-order valence-corrected chi connectivity index (χ0v) is 21.3. The Bertz CT molecular complexity index is 1360. The number of nitrogens with zero attached hydrogens (tertiary/aromatic N) is 4. The van der Waals surface area contributed by atoms with Crippen LogP contribution < -0.4 is 10.2 Å². The highest BCUT2D eigenvalue weighted by Crippen LogP contribution is 2.44. The molecule has 4 rings (SSSR count). The third kappa shape index (κ3) is 5.36. The minimum Gasteiger partial charge on any atom is -0.327 e. The Labute approximate surface area is 210 Å². The number of fused-ring (bicyclic) bond motifs is 1. The third-order valence-electron chi connectivity index (χ3n) is 5.78. The van der Waals surface area contributed by atoms with Gasteiger partial charge >= 0.3 is 6.18 Å². The van der Waals surface area contributed by atoms with Gasteiger partial charge in [-0.25, -0.2) is 23.4 Å². The van der Waals surface area contributed by atoms with Gasteiger partial charge in [0.1, 0.15) is 0 Å². The van der Waals surface area contributed by atoms with Crippen LogP contribution in [0.5, 0.6) is 0 Å². The number of thiazole rings is 1. The Morgan fingerprint density at radius 2 is 1.83 bits per heavy atom. The van der Waals surface area contributed by atoms with E-state index in [9.17, 15) is 26.4 Å². The van der Waals surface area contributed by atoms with Crippen LogP contribution in [0, 0.1) is 5.92 Å². The lowest BCUT2D eigenvalue weighted by atomic mass is 10.0. The molecule has 0 radical (unpaired) electrons. The standard InChI is InChI=1S/C23H24F3N5O3S2/c1-4-36(33,34)16-7-5-14(6-8-16)9-18(32)29-22-30-19-17(35-22)12-31(20(19)13(2)3)21-27-10-15(11-28-21)23(24,25)26/h5-8,10-11,13,20H,4,9,12H2,1-3H3,(H,29,30,32). The minimum atomic E-state index is -4.51. The summed E-state index contributed by atoms with van der Waals surface area (Å²) in [7, 11) is -3.31. The largest absolute Gasteiger partial charge is 0.419 e. The lowest BCUT2D eigenvalue weighted by Gasteiger charge is -2.27. The molecular formula is C23H24F3N5O3S2. The zero-order valence-electron chi connectivity index (χ0n) is 19.7. The molecule has 3 aromatic rings. The van der Waals surface area contributed by atoms with Crippen LogP contribution in [0.2, 0.25) is 0 Å². The molecule has 0 aliphatic carbocycles. The van der Waals surface area contributed by atoms with Crippen molar-refractivity contribution in [3.63, 3.8) is 0 Å². The molecule has 1 aliphatic rings. The number of carbonyl (C=O) groups excluding carboxylic acids is 1. The highest BCUT2D eigenvalue weighted by Gasteiger charge is 2.38. The van der Waals surface area contributed by atoms with E-state index in [2.05, 4.69) is 20.3 Å². The molecule has 0 saturated carbocycles. The number of sulfone groups is 1. The van der Waals surface area contributed by atoms with E-state index in [1.165, 1.54) is 23.5 Å². The van der Waals surface area contributed by atoms with Crippen molar-refractivity contribution < 1.29 is 26.4 Å². The van der Waals surface area contributed by atoms with E-state index in [1.807, 2.05) is 18.7 Å². The molecule has 1 amide bonds. The van der Waals surface area contributed by atoms with Gasteiger partial charge in [-0.05, 0) is 23.6 Å². The Hall–Kier alpha value is -3.06. The fourth-order valence-electron chi connectivity index (χ4n) is 3.98. The summed E-state index contributed by atoms with van der Waals surface area (Å²) in [5.74, 6) is -0.0503. The van der Waals surface area contributed by atoms with Gasteiger partial charge in [0.2, 0.25) is 11.9 Å². The Morgan fingerprint density at radius 3 is 2.39 bits per heavy atom. The number of alkyl halides is 3. The van der Waals surface area contributed by atoms with Gasteiger partial charge in [0, 0.05) is 12.4 Å². The minimum absolute atomic E-state index is 0.00133. The fourth-order valence-corrected chi connectivity index (χ4v) is 5.88. The second-order valence-electron chi connectivity index (χ2n) is 8.69. The number of hydrogen-bond acceptors (Lipinski definition) is 8. The molecule has 0 saturated heterocycles. The van der Waals surface area contributed by atoms with Crippen molar-refractivity contribution in [1.29, 1.82) is 0 Å². The number of amides is 1. The van der Waals surface area contributed by atoms with E-state index in [0.717, 1.165) is 23.0 Å². The van der Waals surface area contributed by atoms with Crippen molar-refractivity contribution in [2.75, 3.05) is 16.0 Å². The van der Waals surface area contributed by atoms with Gasteiger partial charge in [-0.15, -0.1) is 0 Å². The lowest BCUT2D eigenvalue weighted by molar-refractivity contribution is -0.138. The summed E-state index contributed by atoms with van der Waals surface area (Å²) in [6.07, 6.45) is -2.91. The maximum Gasteiger partial charge on any atom is 0.419 e. The predicted molar refractivity (Wildman–Crippen MR) is 129 cm³/mol. The molecule has 8 nitrogen and oxygen atoms in total. The van der Waals surface area contributed by atoms with Gasteiger partial charge in [0.25, 0.3) is 0 Å². The molecule has 0 spiro atoms. The smallest absolute Gasteiger partial charge is 0.327 e. The number of benzene rings is 1. The molecule has 1 N–H and O–H groups in total. The first-order valence-corrected chi connectivity index (χ1v) is 13.6. The summed E-state index contributed by atoms with van der Waals surface area (Å²) >= 11 is 1.30. The van der Waals surface area contributed by atoms with Gasteiger partial charge in [-0.1, -0.05) is 44.2 Å². The van der Waals surface area contributed by atoms with Crippen molar-refractivity contribution in [2.45, 2.75) is 50.9 Å². The average molecular weight is 540 g/mol. The quantitative estimate of drug-likeness (QED) is 0.466. The van der Waals surface area contributed by atoms with Crippen molar-refractivity contribution >= 4 is 38.2 Å². The molecule has 0 fully saturated rings. The Balaban J connectivity index is 1.45.